The summed E-state index contributed by atoms with van der Waals surface area (Å²) in [6, 6.07) is 12.3. The molecule has 0 saturated carbocycles. The topological polar surface area (TPSA) is 76.8 Å². The number of nitrogens with two attached hydrogens (primary N) is 1. The number of benzene rings is 2. The highest BCUT2D eigenvalue weighted by Crippen LogP contribution is 2.30. The van der Waals surface area contributed by atoms with E-state index < -0.39 is 0 Å². The second kappa shape index (κ2) is 9.68. The second-order valence-corrected chi connectivity index (χ2v) is 5.78. The summed E-state index contributed by atoms with van der Waals surface area (Å²) >= 11 is 0. The number of hydrogen-bond acceptors (Lipinski definition) is 5. The van der Waals surface area contributed by atoms with Crippen LogP contribution in [0.25, 0.3) is 0 Å². The van der Waals surface area contributed by atoms with Gasteiger partial charge in [-0.05, 0) is 37.4 Å². The monoisotopic (exact) mass is 357 g/mol. The van der Waals surface area contributed by atoms with Gasteiger partial charge in [0, 0.05) is 24.0 Å². The van der Waals surface area contributed by atoms with E-state index in [2.05, 4.69) is 24.1 Å². The number of anilines is 2. The Morgan fingerprint density at radius 3 is 2.50 bits per heavy atom. The van der Waals surface area contributed by atoms with Crippen molar-refractivity contribution < 1.29 is 14.3 Å². The summed E-state index contributed by atoms with van der Waals surface area (Å²) < 4.78 is 11.2. The maximum absolute atomic E-state index is 12.4. The van der Waals surface area contributed by atoms with Gasteiger partial charge in [-0.1, -0.05) is 26.0 Å². The molecule has 26 heavy (non-hydrogen) atoms. The average Bonchev–Trinajstić information content (AvgIpc) is 2.65. The third kappa shape index (κ3) is 5.13. The lowest BCUT2D eigenvalue weighted by Crippen LogP contribution is -2.28. The van der Waals surface area contributed by atoms with E-state index in [-0.39, 0.29) is 5.91 Å². The van der Waals surface area contributed by atoms with Gasteiger partial charge in [0.05, 0.1) is 12.7 Å². The Hall–Kier alpha value is -2.73. The SMILES string of the molecule is CCN(CC)CCOc1cc(NC(=O)c2ccccc2N)ccc1OC. The van der Waals surface area contributed by atoms with Crippen LogP contribution in [-0.4, -0.2) is 44.2 Å². The molecule has 0 aliphatic rings. The van der Waals surface area contributed by atoms with Crippen LogP contribution in [0.2, 0.25) is 0 Å². The van der Waals surface area contributed by atoms with Gasteiger partial charge in [0.15, 0.2) is 11.5 Å². The van der Waals surface area contributed by atoms with E-state index in [4.69, 9.17) is 15.2 Å². The first-order chi connectivity index (χ1) is 12.6. The molecule has 0 radical (unpaired) electrons. The summed E-state index contributed by atoms with van der Waals surface area (Å²) in [6.45, 7) is 7.57. The molecule has 0 saturated heterocycles. The molecule has 0 unspecified atom stereocenters. The summed E-state index contributed by atoms with van der Waals surface area (Å²) in [5, 5.41) is 2.85. The second-order valence-electron chi connectivity index (χ2n) is 5.78. The van der Waals surface area contributed by atoms with Crippen molar-refractivity contribution in [3.05, 3.63) is 48.0 Å². The summed E-state index contributed by atoms with van der Waals surface area (Å²) in [7, 11) is 1.59. The normalized spacial score (nSPS) is 10.6. The highest BCUT2D eigenvalue weighted by molar-refractivity contribution is 6.07. The fraction of sp³-hybridized carbons (Fsp3) is 0.350. The number of amides is 1. The highest BCUT2D eigenvalue weighted by atomic mass is 16.5. The van der Waals surface area contributed by atoms with Crippen LogP contribution in [0.15, 0.2) is 42.5 Å². The molecule has 0 aromatic heterocycles. The lowest BCUT2D eigenvalue weighted by Gasteiger charge is -2.19. The number of likely N-dealkylation sites (N-methyl/N-ethyl adjacent to an activating group) is 1. The van der Waals surface area contributed by atoms with Gasteiger partial charge in [0.2, 0.25) is 0 Å². The van der Waals surface area contributed by atoms with Crippen molar-refractivity contribution in [2.75, 3.05) is 44.4 Å². The van der Waals surface area contributed by atoms with Gasteiger partial charge in [-0.3, -0.25) is 4.79 Å². The van der Waals surface area contributed by atoms with Crippen molar-refractivity contribution in [3.63, 3.8) is 0 Å². The maximum Gasteiger partial charge on any atom is 0.257 e. The van der Waals surface area contributed by atoms with Crippen LogP contribution in [0.5, 0.6) is 11.5 Å². The lowest BCUT2D eigenvalue weighted by molar-refractivity contribution is 0.102. The minimum absolute atomic E-state index is 0.262. The number of nitrogens with one attached hydrogen (secondary N) is 1. The summed E-state index contributed by atoms with van der Waals surface area (Å²) in [6.07, 6.45) is 0. The molecule has 0 spiro atoms. The van der Waals surface area contributed by atoms with E-state index >= 15 is 0 Å². The van der Waals surface area contributed by atoms with Crippen molar-refractivity contribution in [2.45, 2.75) is 13.8 Å². The van der Waals surface area contributed by atoms with Gasteiger partial charge in [0.1, 0.15) is 6.61 Å². The van der Waals surface area contributed by atoms with Gasteiger partial charge in [-0.2, -0.15) is 0 Å². The Bertz CT molecular complexity index is 730. The quantitative estimate of drug-likeness (QED) is 0.674. The number of carbonyl (C=O) groups is 1. The molecule has 2 aromatic carbocycles. The van der Waals surface area contributed by atoms with Crippen molar-refractivity contribution in [2.24, 2.45) is 0 Å². The van der Waals surface area contributed by atoms with Crippen LogP contribution in [0.4, 0.5) is 11.4 Å². The fourth-order valence-corrected chi connectivity index (χ4v) is 2.59. The molecule has 0 fully saturated rings. The molecule has 0 aliphatic carbocycles. The number of nitrogen functional groups attached to an aromatic ring is 1. The predicted molar refractivity (Wildman–Crippen MR) is 105 cm³/mol. The smallest absolute Gasteiger partial charge is 0.257 e. The van der Waals surface area contributed by atoms with Crippen LogP contribution in [0, 0.1) is 0 Å². The summed E-state index contributed by atoms with van der Waals surface area (Å²) in [5.74, 6) is 0.961. The zero-order valence-corrected chi connectivity index (χ0v) is 15.6. The molecule has 6 heteroatoms. The van der Waals surface area contributed by atoms with Gasteiger partial charge in [0.25, 0.3) is 5.91 Å². The molecule has 0 heterocycles. The van der Waals surface area contributed by atoms with E-state index in [0.717, 1.165) is 19.6 Å². The number of para-hydroxylation sites is 1. The number of nitrogens with zero attached hydrogens (tertiary/aromatic N) is 1. The van der Waals surface area contributed by atoms with E-state index in [9.17, 15) is 4.79 Å². The largest absolute Gasteiger partial charge is 0.493 e. The Labute approximate surface area is 154 Å². The third-order valence-electron chi connectivity index (χ3n) is 4.19. The Kier molecular flexibility index (Phi) is 7.29. The van der Waals surface area contributed by atoms with Crippen LogP contribution < -0.4 is 20.5 Å². The summed E-state index contributed by atoms with van der Waals surface area (Å²) in [4.78, 5) is 14.7. The predicted octanol–water partition coefficient (Wildman–Crippen LogP) is 3.25. The average molecular weight is 357 g/mol. The zero-order chi connectivity index (χ0) is 18.9. The van der Waals surface area contributed by atoms with Crippen molar-refractivity contribution >= 4 is 17.3 Å². The van der Waals surface area contributed by atoms with E-state index in [1.165, 1.54) is 0 Å². The van der Waals surface area contributed by atoms with Crippen molar-refractivity contribution in [3.8, 4) is 11.5 Å². The number of methoxy groups -OCH3 is 1. The molecule has 0 bridgehead atoms. The minimum Gasteiger partial charge on any atom is -0.493 e. The van der Waals surface area contributed by atoms with Crippen LogP contribution in [0.1, 0.15) is 24.2 Å². The number of hydrogen-bond donors (Lipinski definition) is 2. The number of carbonyl (C=O) groups excluding carboxylic acids is 1. The number of rotatable bonds is 9. The maximum atomic E-state index is 12.4. The molecule has 0 aliphatic heterocycles. The standard InChI is InChI=1S/C20H27N3O3/c1-4-23(5-2)12-13-26-19-14-15(10-11-18(19)25-3)22-20(24)16-8-6-7-9-17(16)21/h6-11,14H,4-5,12-13,21H2,1-3H3,(H,22,24). The fourth-order valence-electron chi connectivity index (χ4n) is 2.59. The molecule has 140 valence electrons. The Morgan fingerprint density at radius 2 is 1.85 bits per heavy atom. The zero-order valence-electron chi connectivity index (χ0n) is 15.6. The van der Waals surface area contributed by atoms with E-state index in [1.54, 1.807) is 49.6 Å². The summed E-state index contributed by atoms with van der Waals surface area (Å²) in [5.41, 5.74) is 7.36. The molecule has 1 amide bonds. The molecule has 2 aromatic rings. The minimum atomic E-state index is -0.262. The van der Waals surface area contributed by atoms with Crippen molar-refractivity contribution in [1.29, 1.82) is 0 Å². The molecule has 6 nitrogen and oxygen atoms in total. The highest BCUT2D eigenvalue weighted by Gasteiger charge is 2.12. The molecule has 0 atom stereocenters. The van der Waals surface area contributed by atoms with Crippen LogP contribution in [-0.2, 0) is 0 Å². The van der Waals surface area contributed by atoms with Gasteiger partial charge in [-0.25, -0.2) is 0 Å². The first kappa shape index (κ1) is 19.6. The first-order valence-corrected chi connectivity index (χ1v) is 8.78. The lowest BCUT2D eigenvalue weighted by atomic mass is 10.1. The molecular formula is C20H27N3O3. The Morgan fingerprint density at radius 1 is 1.12 bits per heavy atom. The van der Waals surface area contributed by atoms with E-state index in [0.29, 0.717) is 35.0 Å². The van der Waals surface area contributed by atoms with Crippen molar-refractivity contribution in [1.82, 2.24) is 4.90 Å². The van der Waals surface area contributed by atoms with Gasteiger partial charge in [-0.15, -0.1) is 0 Å². The molecular weight excluding hydrogens is 330 g/mol. The first-order valence-electron chi connectivity index (χ1n) is 8.78. The molecule has 2 rings (SSSR count). The van der Waals surface area contributed by atoms with Gasteiger partial charge >= 0.3 is 0 Å². The number of ether oxygens (including phenoxy) is 2. The van der Waals surface area contributed by atoms with Gasteiger partial charge < -0.3 is 25.4 Å². The van der Waals surface area contributed by atoms with Crippen LogP contribution >= 0.6 is 0 Å². The molecule has 3 N–H and O–H groups in total. The van der Waals surface area contributed by atoms with E-state index in [1.807, 2.05) is 0 Å². The third-order valence-corrected chi connectivity index (χ3v) is 4.19. The Balaban J connectivity index is 2.08. The van der Waals surface area contributed by atoms with Crippen LogP contribution in [0.3, 0.4) is 0 Å².